The van der Waals surface area contributed by atoms with Crippen LogP contribution in [0.1, 0.15) is 11.1 Å². The van der Waals surface area contributed by atoms with Crippen LogP contribution in [0.15, 0.2) is 44.8 Å². The van der Waals surface area contributed by atoms with Gasteiger partial charge in [-0.2, -0.15) is 4.31 Å². The Bertz CT molecular complexity index is 871. The molecule has 2 aromatic rings. The quantitative estimate of drug-likeness (QED) is 0.711. The monoisotopic (exact) mass is 410 g/mol. The Balaban J connectivity index is 1.58. The standard InChI is InChI=1S/C18H22N2O3S3/c1-14-5-6-16(12-15(14)2)26(22,23)20-9-7-19(8-10-20)17(21)13-25-18-4-3-11-24-18/h3-6,11-12H,7-10,13H2,1-2H3. The summed E-state index contributed by atoms with van der Waals surface area (Å²) in [5.41, 5.74) is 2.04. The van der Waals surface area contributed by atoms with Gasteiger partial charge in [0, 0.05) is 26.2 Å². The van der Waals surface area contributed by atoms with Crippen molar-refractivity contribution in [3.8, 4) is 0 Å². The van der Waals surface area contributed by atoms with Crippen LogP contribution >= 0.6 is 23.1 Å². The molecule has 0 aliphatic carbocycles. The Labute approximate surface area is 163 Å². The van der Waals surface area contributed by atoms with Gasteiger partial charge in [0.25, 0.3) is 0 Å². The van der Waals surface area contributed by atoms with Gasteiger partial charge in [-0.25, -0.2) is 8.42 Å². The lowest BCUT2D eigenvalue weighted by atomic mass is 10.1. The van der Waals surface area contributed by atoms with Crippen molar-refractivity contribution < 1.29 is 13.2 Å². The summed E-state index contributed by atoms with van der Waals surface area (Å²) in [6.45, 7) is 5.43. The lowest BCUT2D eigenvalue weighted by Gasteiger charge is -2.34. The number of amides is 1. The third-order valence-electron chi connectivity index (χ3n) is 4.54. The van der Waals surface area contributed by atoms with Crippen molar-refractivity contribution in [3.05, 3.63) is 46.8 Å². The van der Waals surface area contributed by atoms with E-state index in [0.717, 1.165) is 15.3 Å². The molecule has 140 valence electrons. The average Bonchev–Trinajstić information content (AvgIpc) is 3.15. The molecule has 26 heavy (non-hydrogen) atoms. The van der Waals surface area contributed by atoms with Gasteiger partial charge in [-0.15, -0.1) is 23.1 Å². The molecule has 0 spiro atoms. The highest BCUT2D eigenvalue weighted by Crippen LogP contribution is 2.24. The highest BCUT2D eigenvalue weighted by atomic mass is 32.2. The second kappa shape index (κ2) is 8.12. The first-order valence-corrected chi connectivity index (χ1v) is 11.7. The molecule has 1 fully saturated rings. The molecular formula is C18H22N2O3S3. The smallest absolute Gasteiger partial charge is 0.243 e. The maximum atomic E-state index is 12.8. The van der Waals surface area contributed by atoms with Crippen molar-refractivity contribution >= 4 is 39.0 Å². The molecule has 1 aliphatic heterocycles. The van der Waals surface area contributed by atoms with E-state index >= 15 is 0 Å². The van der Waals surface area contributed by atoms with Crippen LogP contribution in [0.5, 0.6) is 0 Å². The molecule has 1 saturated heterocycles. The Morgan fingerprint density at radius 2 is 1.85 bits per heavy atom. The number of nitrogens with zero attached hydrogens (tertiary/aromatic N) is 2. The van der Waals surface area contributed by atoms with Crippen LogP contribution in [0.4, 0.5) is 0 Å². The molecule has 1 aromatic heterocycles. The molecular weight excluding hydrogens is 388 g/mol. The van der Waals surface area contributed by atoms with Gasteiger partial charge in [-0.1, -0.05) is 12.1 Å². The van der Waals surface area contributed by atoms with Crippen molar-refractivity contribution in [2.24, 2.45) is 0 Å². The molecule has 1 aliphatic rings. The summed E-state index contributed by atoms with van der Waals surface area (Å²) in [5.74, 6) is 0.455. The summed E-state index contributed by atoms with van der Waals surface area (Å²) in [6.07, 6.45) is 0. The number of hydrogen-bond acceptors (Lipinski definition) is 5. The molecule has 2 heterocycles. The van der Waals surface area contributed by atoms with Crippen LogP contribution in [0.25, 0.3) is 0 Å². The molecule has 0 saturated carbocycles. The van der Waals surface area contributed by atoms with Gasteiger partial charge >= 0.3 is 0 Å². The molecule has 3 rings (SSSR count). The molecule has 0 bridgehead atoms. The molecule has 0 atom stereocenters. The highest BCUT2D eigenvalue weighted by molar-refractivity contribution is 8.01. The highest BCUT2D eigenvalue weighted by Gasteiger charge is 2.30. The van der Waals surface area contributed by atoms with E-state index in [1.807, 2.05) is 37.4 Å². The summed E-state index contributed by atoms with van der Waals surface area (Å²) in [4.78, 5) is 14.4. The molecule has 0 unspecified atom stereocenters. The number of sulfonamides is 1. The predicted octanol–water partition coefficient (Wildman–Crippen LogP) is 2.99. The van der Waals surface area contributed by atoms with Crippen LogP contribution < -0.4 is 0 Å². The second-order valence-electron chi connectivity index (χ2n) is 6.25. The summed E-state index contributed by atoms with van der Waals surface area (Å²) in [6, 6.07) is 9.18. The van der Waals surface area contributed by atoms with Crippen molar-refractivity contribution in [3.63, 3.8) is 0 Å². The van der Waals surface area contributed by atoms with E-state index in [1.165, 1.54) is 16.1 Å². The zero-order valence-corrected chi connectivity index (χ0v) is 17.3. The zero-order chi connectivity index (χ0) is 18.7. The normalized spacial score (nSPS) is 16.0. The van der Waals surface area contributed by atoms with Gasteiger partial charge in [-0.3, -0.25) is 4.79 Å². The van der Waals surface area contributed by atoms with E-state index in [-0.39, 0.29) is 5.91 Å². The molecule has 1 aromatic carbocycles. The lowest BCUT2D eigenvalue weighted by Crippen LogP contribution is -2.50. The van der Waals surface area contributed by atoms with Gasteiger partial charge in [0.15, 0.2) is 0 Å². The van der Waals surface area contributed by atoms with E-state index in [2.05, 4.69) is 0 Å². The lowest BCUT2D eigenvalue weighted by molar-refractivity contribution is -0.129. The summed E-state index contributed by atoms with van der Waals surface area (Å²) in [7, 11) is -3.51. The van der Waals surface area contributed by atoms with Crippen LogP contribution in [0.2, 0.25) is 0 Å². The van der Waals surface area contributed by atoms with Gasteiger partial charge in [-0.05, 0) is 48.6 Å². The Morgan fingerprint density at radius 1 is 1.12 bits per heavy atom. The molecule has 0 N–H and O–H groups in total. The Kier molecular flexibility index (Phi) is 6.06. The van der Waals surface area contributed by atoms with Crippen LogP contribution in [0.3, 0.4) is 0 Å². The SMILES string of the molecule is Cc1ccc(S(=O)(=O)N2CCN(C(=O)CSc3cccs3)CC2)cc1C. The van der Waals surface area contributed by atoms with E-state index in [1.54, 1.807) is 28.4 Å². The number of rotatable bonds is 5. The van der Waals surface area contributed by atoms with Crippen molar-refractivity contribution in [1.29, 1.82) is 0 Å². The van der Waals surface area contributed by atoms with Gasteiger partial charge < -0.3 is 4.90 Å². The van der Waals surface area contributed by atoms with Gasteiger partial charge in [0.1, 0.15) is 0 Å². The summed E-state index contributed by atoms with van der Waals surface area (Å²) < 4.78 is 28.3. The number of benzene rings is 1. The largest absolute Gasteiger partial charge is 0.339 e. The van der Waals surface area contributed by atoms with Gasteiger partial charge in [0.2, 0.25) is 15.9 Å². The zero-order valence-electron chi connectivity index (χ0n) is 14.8. The van der Waals surface area contributed by atoms with Crippen LogP contribution in [-0.4, -0.2) is 55.5 Å². The number of carbonyl (C=O) groups is 1. The Hall–Kier alpha value is -1.35. The second-order valence-corrected chi connectivity index (χ2v) is 10.4. The van der Waals surface area contributed by atoms with Crippen molar-refractivity contribution in [2.45, 2.75) is 23.0 Å². The molecule has 0 radical (unpaired) electrons. The van der Waals surface area contributed by atoms with E-state index in [9.17, 15) is 13.2 Å². The topological polar surface area (TPSA) is 57.7 Å². The van der Waals surface area contributed by atoms with E-state index < -0.39 is 10.0 Å². The van der Waals surface area contributed by atoms with Crippen molar-refractivity contribution in [1.82, 2.24) is 9.21 Å². The first-order chi connectivity index (χ1) is 12.4. The maximum absolute atomic E-state index is 12.8. The third kappa shape index (κ3) is 4.31. The van der Waals surface area contributed by atoms with E-state index in [4.69, 9.17) is 0 Å². The molecule has 8 heteroatoms. The van der Waals surface area contributed by atoms with Crippen LogP contribution in [0, 0.1) is 13.8 Å². The number of piperazine rings is 1. The molecule has 5 nitrogen and oxygen atoms in total. The number of aryl methyl sites for hydroxylation is 2. The molecule has 1 amide bonds. The number of hydrogen-bond donors (Lipinski definition) is 0. The van der Waals surface area contributed by atoms with Crippen molar-refractivity contribution in [2.75, 3.05) is 31.9 Å². The maximum Gasteiger partial charge on any atom is 0.243 e. The number of carbonyl (C=O) groups excluding carboxylic acids is 1. The minimum absolute atomic E-state index is 0.0617. The first-order valence-electron chi connectivity index (χ1n) is 8.39. The van der Waals surface area contributed by atoms with Crippen LogP contribution in [-0.2, 0) is 14.8 Å². The Morgan fingerprint density at radius 3 is 2.46 bits per heavy atom. The fourth-order valence-electron chi connectivity index (χ4n) is 2.77. The van der Waals surface area contributed by atoms with E-state index in [0.29, 0.717) is 36.8 Å². The average molecular weight is 411 g/mol. The summed E-state index contributed by atoms with van der Waals surface area (Å²) >= 11 is 3.15. The third-order valence-corrected chi connectivity index (χ3v) is 8.55. The predicted molar refractivity (Wildman–Crippen MR) is 106 cm³/mol. The minimum atomic E-state index is -3.51. The fraction of sp³-hybridized carbons (Fsp3) is 0.389. The summed E-state index contributed by atoms with van der Waals surface area (Å²) in [5, 5.41) is 1.99. The minimum Gasteiger partial charge on any atom is -0.339 e. The number of thiophene rings is 1. The number of thioether (sulfide) groups is 1. The first kappa shape index (κ1) is 19.4. The van der Waals surface area contributed by atoms with Gasteiger partial charge in [0.05, 0.1) is 14.9 Å². The fourth-order valence-corrected chi connectivity index (χ4v) is 5.97.